The number of rotatable bonds is 0. The largest absolute Gasteiger partial charge is 2.00 e. The fraction of sp³-hybridized carbons (Fsp3) is 0. The molecule has 0 radical (unpaired) electrons. The van der Waals surface area contributed by atoms with Crippen molar-refractivity contribution in [3.63, 3.8) is 0 Å². The van der Waals surface area contributed by atoms with Crippen molar-refractivity contribution in [1.29, 1.82) is 0 Å². The van der Waals surface area contributed by atoms with Crippen LogP contribution in [0.4, 0.5) is 0 Å². The van der Waals surface area contributed by atoms with E-state index in [9.17, 15) is 0 Å². The summed E-state index contributed by atoms with van der Waals surface area (Å²) in [5.41, 5.74) is 0. The molecule has 0 spiro atoms. The van der Waals surface area contributed by atoms with Gasteiger partial charge < -0.3 is 0 Å². The second kappa shape index (κ2) is 7.20. The van der Waals surface area contributed by atoms with Crippen LogP contribution in [0.25, 0.3) is 0 Å². The maximum atomic E-state index is 5.46. The minimum atomic E-state index is 0. The van der Waals surface area contributed by atoms with Gasteiger partial charge in [0.25, 0.3) is 0 Å². The molecule has 0 fully saturated rings. The number of halogens is 2. The van der Waals surface area contributed by atoms with Gasteiger partial charge in [-0.05, 0) is 0 Å². The third kappa shape index (κ3) is 5.93. The van der Waals surface area contributed by atoms with Gasteiger partial charge in [-0.25, -0.2) is 24.3 Å². The van der Waals surface area contributed by atoms with Crippen LogP contribution < -0.4 is 0 Å². The van der Waals surface area contributed by atoms with Crippen LogP contribution in [0.15, 0.2) is 48.5 Å². The van der Waals surface area contributed by atoms with E-state index in [1.54, 1.807) is 0 Å². The Bertz CT molecular complexity index is 252. The smallest absolute Gasteiger partial charge is 0.212 e. The van der Waals surface area contributed by atoms with Crippen molar-refractivity contribution in [3.05, 3.63) is 58.6 Å². The zero-order chi connectivity index (χ0) is 8.81. The Morgan fingerprint density at radius 2 is 0.846 bits per heavy atom. The zero-order valence-electron chi connectivity index (χ0n) is 6.69. The Morgan fingerprint density at radius 1 is 0.615 bits per heavy atom. The van der Waals surface area contributed by atoms with E-state index in [1.165, 1.54) is 0 Å². The van der Waals surface area contributed by atoms with Crippen LogP contribution in [-0.2, 0) is 16.5 Å². The van der Waals surface area contributed by atoms with Crippen molar-refractivity contribution in [2.45, 2.75) is 0 Å². The van der Waals surface area contributed by atoms with Crippen LogP contribution in [0, 0.1) is 0 Å². The summed E-state index contributed by atoms with van der Waals surface area (Å²) >= 11 is 10.9. The predicted molar refractivity (Wildman–Crippen MR) is 54.1 cm³/mol. The summed E-state index contributed by atoms with van der Waals surface area (Å²) in [6.07, 6.45) is 0. The zero-order valence-corrected chi connectivity index (χ0v) is 9.19. The van der Waals surface area contributed by atoms with Crippen molar-refractivity contribution >= 4 is 23.2 Å². The monoisotopic (exact) mass is 256 g/mol. The summed E-state index contributed by atoms with van der Waals surface area (Å²) in [5, 5.41) is 1.63. The van der Waals surface area contributed by atoms with Crippen LogP contribution in [0.2, 0.25) is 10.0 Å². The first-order valence-electron chi connectivity index (χ1n) is 3.53. The summed E-state index contributed by atoms with van der Waals surface area (Å²) < 4.78 is 0. The Kier molecular flexibility index (Phi) is 7.08. The molecule has 0 saturated heterocycles. The van der Waals surface area contributed by atoms with Crippen LogP contribution in [-0.4, -0.2) is 0 Å². The molecule has 2 rings (SSSR count). The summed E-state index contributed by atoms with van der Waals surface area (Å²) in [5.74, 6) is 0. The molecule has 13 heavy (non-hydrogen) atoms. The van der Waals surface area contributed by atoms with E-state index >= 15 is 0 Å². The number of hydrogen-bond acceptors (Lipinski definition) is 0. The minimum absolute atomic E-state index is 0. The van der Waals surface area contributed by atoms with E-state index in [1.807, 2.05) is 48.5 Å². The molecule has 0 aliphatic carbocycles. The van der Waals surface area contributed by atoms with Gasteiger partial charge in [-0.2, -0.15) is 47.5 Å². The predicted octanol–water partition coefficient (Wildman–Crippen LogP) is 4.12. The molecule has 0 atom stereocenters. The average Bonchev–Trinajstić information content (AvgIpc) is 2.63. The summed E-state index contributed by atoms with van der Waals surface area (Å²) in [4.78, 5) is 0. The fourth-order valence-electron chi connectivity index (χ4n) is 0.701. The molecule has 0 N–H and O–H groups in total. The fourth-order valence-corrected chi connectivity index (χ4v) is 0.992. The van der Waals surface area contributed by atoms with E-state index in [2.05, 4.69) is 0 Å². The summed E-state index contributed by atoms with van der Waals surface area (Å²) in [6.45, 7) is 0. The molecule has 0 aliphatic heterocycles. The van der Waals surface area contributed by atoms with Gasteiger partial charge in [0.1, 0.15) is 0 Å². The molecular formula is C10H8Cl2Ni. The summed E-state index contributed by atoms with van der Waals surface area (Å²) in [7, 11) is 0. The van der Waals surface area contributed by atoms with Crippen LogP contribution in [0.5, 0.6) is 0 Å². The molecule has 0 amide bonds. The molecule has 0 bridgehead atoms. The topological polar surface area (TPSA) is 0 Å². The molecule has 2 aromatic carbocycles. The molecule has 0 nitrogen and oxygen atoms in total. The van der Waals surface area contributed by atoms with Crippen molar-refractivity contribution in [2.75, 3.05) is 0 Å². The van der Waals surface area contributed by atoms with Crippen molar-refractivity contribution in [2.24, 2.45) is 0 Å². The first-order chi connectivity index (χ1) is 5.79. The molecular weight excluding hydrogens is 250 g/mol. The second-order valence-corrected chi connectivity index (χ2v) is 3.08. The summed E-state index contributed by atoms with van der Waals surface area (Å²) in [6, 6.07) is 15.0. The maximum Gasteiger partial charge on any atom is 2.00 e. The molecule has 0 heterocycles. The van der Waals surface area contributed by atoms with Crippen molar-refractivity contribution < 1.29 is 16.5 Å². The van der Waals surface area contributed by atoms with Crippen molar-refractivity contribution in [1.82, 2.24) is 0 Å². The maximum absolute atomic E-state index is 5.46. The van der Waals surface area contributed by atoms with Crippen LogP contribution in [0.3, 0.4) is 0 Å². The van der Waals surface area contributed by atoms with E-state index in [0.717, 1.165) is 10.0 Å². The molecule has 0 aliphatic rings. The molecule has 2 aromatic rings. The second-order valence-electron chi connectivity index (χ2n) is 2.21. The van der Waals surface area contributed by atoms with Crippen molar-refractivity contribution in [3.8, 4) is 0 Å². The van der Waals surface area contributed by atoms with Gasteiger partial charge in [-0.15, -0.1) is 0 Å². The normalized spacial score (nSPS) is 8.15. The molecule has 3 heteroatoms. The molecule has 0 aromatic heterocycles. The molecule has 0 unspecified atom stereocenters. The van der Waals surface area contributed by atoms with E-state index in [-0.39, 0.29) is 16.5 Å². The Balaban J connectivity index is 0.000000206. The first kappa shape index (κ1) is 12.8. The van der Waals surface area contributed by atoms with Crippen LogP contribution >= 0.6 is 23.2 Å². The third-order valence-corrected chi connectivity index (χ3v) is 1.75. The Morgan fingerprint density at radius 3 is 0.923 bits per heavy atom. The third-order valence-electron chi connectivity index (χ3n) is 1.24. The minimum Gasteiger partial charge on any atom is -0.212 e. The van der Waals surface area contributed by atoms with Gasteiger partial charge in [-0.3, -0.25) is 0 Å². The van der Waals surface area contributed by atoms with Gasteiger partial charge in [0.05, 0.1) is 0 Å². The molecule has 72 valence electrons. The molecule has 0 saturated carbocycles. The quantitative estimate of drug-likeness (QED) is 0.492. The average molecular weight is 258 g/mol. The first-order valence-corrected chi connectivity index (χ1v) is 4.29. The standard InChI is InChI=1S/2C5H4Cl.Ni/c2*6-5-3-1-2-4-5;/h2*1-4H;/q2*-1;+2. The van der Waals surface area contributed by atoms with Gasteiger partial charge in [0.2, 0.25) is 0 Å². The van der Waals surface area contributed by atoms with E-state index in [0.29, 0.717) is 0 Å². The van der Waals surface area contributed by atoms with Gasteiger partial charge in [0, 0.05) is 0 Å². The van der Waals surface area contributed by atoms with Gasteiger partial charge >= 0.3 is 16.5 Å². The Labute approximate surface area is 98.1 Å². The van der Waals surface area contributed by atoms with E-state index in [4.69, 9.17) is 23.2 Å². The van der Waals surface area contributed by atoms with E-state index < -0.39 is 0 Å². The Hall–Kier alpha value is -0.226. The SMILES string of the molecule is Cl[c-]1cccc1.Cl[c-]1cccc1.[Ni+2]. The van der Waals surface area contributed by atoms with Gasteiger partial charge in [0.15, 0.2) is 0 Å². The van der Waals surface area contributed by atoms with Gasteiger partial charge in [-0.1, -0.05) is 10.0 Å². The van der Waals surface area contributed by atoms with Crippen LogP contribution in [0.1, 0.15) is 0 Å². The number of hydrogen-bond donors (Lipinski definition) is 0.